The third-order valence-corrected chi connectivity index (χ3v) is 3.29. The molecule has 5 nitrogen and oxygen atoms in total. The van der Waals surface area contributed by atoms with E-state index < -0.39 is 0 Å². The third kappa shape index (κ3) is 3.38. The predicted molar refractivity (Wildman–Crippen MR) is 70.4 cm³/mol. The number of aliphatic hydroxyl groups excluding tert-OH is 1. The van der Waals surface area contributed by atoms with Crippen LogP contribution in [-0.2, 0) is 11.2 Å². The molecule has 5 heteroatoms. The first-order valence-electron chi connectivity index (χ1n) is 6.30. The zero-order valence-corrected chi connectivity index (χ0v) is 11.2. The van der Waals surface area contributed by atoms with Crippen LogP contribution in [0.15, 0.2) is 18.2 Å². The summed E-state index contributed by atoms with van der Waals surface area (Å²) >= 11 is 0. The monoisotopic (exact) mass is 265 g/mol. The lowest BCUT2D eigenvalue weighted by Crippen LogP contribution is -2.47. The molecule has 1 fully saturated rings. The second kappa shape index (κ2) is 5.93. The van der Waals surface area contributed by atoms with Crippen molar-refractivity contribution in [3.05, 3.63) is 23.8 Å². The van der Waals surface area contributed by atoms with Crippen molar-refractivity contribution < 1.29 is 19.4 Å². The Morgan fingerprint density at radius 3 is 2.58 bits per heavy atom. The molecule has 0 radical (unpaired) electrons. The van der Waals surface area contributed by atoms with E-state index in [2.05, 4.69) is 5.32 Å². The average Bonchev–Trinajstić information content (AvgIpc) is 2.36. The van der Waals surface area contributed by atoms with Gasteiger partial charge < -0.3 is 19.9 Å². The molecule has 0 atom stereocenters. The maximum absolute atomic E-state index is 11.8. The number of aliphatic hydroxyl groups is 1. The van der Waals surface area contributed by atoms with E-state index in [9.17, 15) is 4.79 Å². The van der Waals surface area contributed by atoms with Crippen LogP contribution >= 0.6 is 0 Å². The topological polar surface area (TPSA) is 67.8 Å². The average molecular weight is 265 g/mol. The minimum absolute atomic E-state index is 0.0379. The van der Waals surface area contributed by atoms with Gasteiger partial charge in [0.1, 0.15) is 0 Å². The van der Waals surface area contributed by atoms with Gasteiger partial charge in [-0.15, -0.1) is 0 Å². The minimum atomic E-state index is -0.258. The number of carbonyl (C=O) groups excluding carboxylic acids is 1. The van der Waals surface area contributed by atoms with Gasteiger partial charge in [0.2, 0.25) is 5.91 Å². The van der Waals surface area contributed by atoms with E-state index in [0.717, 1.165) is 5.56 Å². The molecule has 1 aromatic carbocycles. The van der Waals surface area contributed by atoms with Crippen molar-refractivity contribution in [2.24, 2.45) is 0 Å². The molecule has 0 aromatic heterocycles. The van der Waals surface area contributed by atoms with Gasteiger partial charge in [0.05, 0.1) is 26.7 Å². The summed E-state index contributed by atoms with van der Waals surface area (Å²) in [4.78, 5) is 11.8. The van der Waals surface area contributed by atoms with Crippen molar-refractivity contribution in [3.63, 3.8) is 0 Å². The fourth-order valence-corrected chi connectivity index (χ4v) is 2.16. The second-order valence-corrected chi connectivity index (χ2v) is 4.76. The van der Waals surface area contributed by atoms with Gasteiger partial charge in [-0.1, -0.05) is 6.07 Å². The van der Waals surface area contributed by atoms with Gasteiger partial charge in [-0.05, 0) is 30.5 Å². The Kier molecular flexibility index (Phi) is 4.27. The standard InChI is InChI=1S/C14H19NO4/c1-18-12-4-3-9(5-13(12)19-2)6-14(17)15-10-7-11(16)8-10/h3-5,10-11,16H,6-8H2,1-2H3,(H,15,17). The lowest BCUT2D eigenvalue weighted by Gasteiger charge is -2.31. The van der Waals surface area contributed by atoms with E-state index in [-0.39, 0.29) is 18.1 Å². The number of amides is 1. The van der Waals surface area contributed by atoms with Gasteiger partial charge in [-0.2, -0.15) is 0 Å². The molecule has 1 saturated carbocycles. The Morgan fingerprint density at radius 1 is 1.32 bits per heavy atom. The summed E-state index contributed by atoms with van der Waals surface area (Å²) in [5, 5.41) is 12.1. The van der Waals surface area contributed by atoms with E-state index in [1.807, 2.05) is 6.07 Å². The van der Waals surface area contributed by atoms with Gasteiger partial charge in [0.15, 0.2) is 11.5 Å². The Balaban J connectivity index is 1.93. The summed E-state index contributed by atoms with van der Waals surface area (Å²) in [5.41, 5.74) is 0.870. The van der Waals surface area contributed by atoms with Gasteiger partial charge in [0.25, 0.3) is 0 Å². The molecule has 0 saturated heterocycles. The molecule has 1 aliphatic rings. The Bertz CT molecular complexity index is 455. The Morgan fingerprint density at radius 2 is 2.00 bits per heavy atom. The summed E-state index contributed by atoms with van der Waals surface area (Å²) in [5.74, 6) is 1.23. The number of hydrogen-bond acceptors (Lipinski definition) is 4. The molecule has 0 heterocycles. The molecule has 0 unspecified atom stereocenters. The molecule has 1 aromatic rings. The zero-order valence-electron chi connectivity index (χ0n) is 11.2. The van der Waals surface area contributed by atoms with Crippen LogP contribution in [0.5, 0.6) is 11.5 Å². The van der Waals surface area contributed by atoms with Crippen LogP contribution in [0.2, 0.25) is 0 Å². The number of rotatable bonds is 5. The maximum Gasteiger partial charge on any atom is 0.224 e. The summed E-state index contributed by atoms with van der Waals surface area (Å²) < 4.78 is 10.3. The van der Waals surface area contributed by atoms with Gasteiger partial charge in [-0.3, -0.25) is 4.79 Å². The first-order chi connectivity index (χ1) is 9.12. The van der Waals surface area contributed by atoms with E-state index in [4.69, 9.17) is 14.6 Å². The zero-order chi connectivity index (χ0) is 13.8. The van der Waals surface area contributed by atoms with Crippen LogP contribution in [-0.4, -0.2) is 37.4 Å². The highest BCUT2D eigenvalue weighted by atomic mass is 16.5. The van der Waals surface area contributed by atoms with Crippen LogP contribution in [0.1, 0.15) is 18.4 Å². The Labute approximate surface area is 112 Å². The van der Waals surface area contributed by atoms with E-state index >= 15 is 0 Å². The molecular formula is C14H19NO4. The van der Waals surface area contributed by atoms with Crippen molar-refractivity contribution in [1.82, 2.24) is 5.32 Å². The molecule has 0 spiro atoms. The summed E-state index contributed by atoms with van der Waals surface area (Å²) in [6.45, 7) is 0. The lowest BCUT2D eigenvalue weighted by atomic mass is 9.89. The molecule has 0 aliphatic heterocycles. The van der Waals surface area contributed by atoms with E-state index in [1.54, 1.807) is 26.4 Å². The lowest BCUT2D eigenvalue weighted by molar-refractivity contribution is -0.122. The highest BCUT2D eigenvalue weighted by molar-refractivity contribution is 5.79. The SMILES string of the molecule is COc1ccc(CC(=O)NC2CC(O)C2)cc1OC. The summed E-state index contributed by atoms with van der Waals surface area (Å²) in [7, 11) is 3.14. The van der Waals surface area contributed by atoms with Crippen molar-refractivity contribution in [1.29, 1.82) is 0 Å². The summed E-state index contributed by atoms with van der Waals surface area (Å²) in [6, 6.07) is 5.54. The number of ether oxygens (including phenoxy) is 2. The second-order valence-electron chi connectivity index (χ2n) is 4.76. The van der Waals surface area contributed by atoms with Gasteiger partial charge in [0, 0.05) is 6.04 Å². The molecule has 19 heavy (non-hydrogen) atoms. The first kappa shape index (κ1) is 13.7. The first-order valence-corrected chi connectivity index (χ1v) is 6.30. The van der Waals surface area contributed by atoms with E-state index in [1.165, 1.54) is 0 Å². The van der Waals surface area contributed by atoms with Crippen LogP contribution in [0.4, 0.5) is 0 Å². The molecule has 1 aliphatic carbocycles. The number of benzene rings is 1. The minimum Gasteiger partial charge on any atom is -0.493 e. The number of carbonyl (C=O) groups is 1. The molecule has 0 bridgehead atoms. The normalized spacial score (nSPS) is 21.4. The van der Waals surface area contributed by atoms with Crippen molar-refractivity contribution in [2.45, 2.75) is 31.4 Å². The van der Waals surface area contributed by atoms with Crippen LogP contribution in [0.3, 0.4) is 0 Å². The fourth-order valence-electron chi connectivity index (χ4n) is 2.16. The fraction of sp³-hybridized carbons (Fsp3) is 0.500. The maximum atomic E-state index is 11.8. The quantitative estimate of drug-likeness (QED) is 0.829. The number of methoxy groups -OCH3 is 2. The molecule has 2 N–H and O–H groups in total. The third-order valence-electron chi connectivity index (χ3n) is 3.29. The predicted octanol–water partition coefficient (Wildman–Crippen LogP) is 0.886. The number of hydrogen-bond donors (Lipinski definition) is 2. The van der Waals surface area contributed by atoms with Crippen LogP contribution < -0.4 is 14.8 Å². The number of nitrogens with one attached hydrogen (secondary N) is 1. The highest BCUT2D eigenvalue weighted by Gasteiger charge is 2.28. The van der Waals surface area contributed by atoms with Crippen molar-refractivity contribution in [2.75, 3.05) is 14.2 Å². The van der Waals surface area contributed by atoms with Gasteiger partial charge in [-0.25, -0.2) is 0 Å². The Hall–Kier alpha value is -1.75. The molecular weight excluding hydrogens is 246 g/mol. The van der Waals surface area contributed by atoms with Crippen molar-refractivity contribution >= 4 is 5.91 Å². The molecule has 2 rings (SSSR count). The molecule has 1 amide bonds. The van der Waals surface area contributed by atoms with Crippen LogP contribution in [0.25, 0.3) is 0 Å². The summed E-state index contributed by atoms with van der Waals surface area (Å²) in [6.07, 6.45) is 1.34. The molecule has 104 valence electrons. The van der Waals surface area contributed by atoms with Gasteiger partial charge >= 0.3 is 0 Å². The largest absolute Gasteiger partial charge is 0.493 e. The van der Waals surface area contributed by atoms with Crippen LogP contribution in [0, 0.1) is 0 Å². The highest BCUT2D eigenvalue weighted by Crippen LogP contribution is 2.27. The smallest absolute Gasteiger partial charge is 0.224 e. The van der Waals surface area contributed by atoms with E-state index in [0.29, 0.717) is 30.8 Å². The van der Waals surface area contributed by atoms with Crippen molar-refractivity contribution in [3.8, 4) is 11.5 Å².